The zero-order chi connectivity index (χ0) is 22.9. The van der Waals surface area contributed by atoms with Crippen LogP contribution in [-0.4, -0.2) is 59.3 Å². The number of likely N-dealkylation sites (tertiary alicyclic amines) is 1. The molecule has 1 amide bonds. The molecule has 5 heterocycles. The van der Waals surface area contributed by atoms with Gasteiger partial charge in [0.05, 0.1) is 11.9 Å². The van der Waals surface area contributed by atoms with Gasteiger partial charge in [0.15, 0.2) is 11.5 Å². The van der Waals surface area contributed by atoms with Crippen molar-refractivity contribution < 1.29 is 4.79 Å². The van der Waals surface area contributed by atoms with Crippen molar-refractivity contribution in [1.29, 1.82) is 0 Å². The van der Waals surface area contributed by atoms with Crippen LogP contribution in [0.15, 0.2) is 49.1 Å². The molecular weight excluding hydrogens is 416 g/mol. The van der Waals surface area contributed by atoms with Gasteiger partial charge in [0.1, 0.15) is 11.4 Å². The van der Waals surface area contributed by atoms with Crippen molar-refractivity contribution in [3.05, 3.63) is 65.9 Å². The predicted octanol–water partition coefficient (Wildman–Crippen LogP) is 3.46. The lowest BCUT2D eigenvalue weighted by Gasteiger charge is -2.33. The van der Waals surface area contributed by atoms with E-state index >= 15 is 0 Å². The molecule has 0 radical (unpaired) electrons. The number of hydrogen-bond acceptors (Lipinski definition) is 6. The molecule has 1 aliphatic rings. The fourth-order valence-electron chi connectivity index (χ4n) is 4.33. The van der Waals surface area contributed by atoms with Crippen LogP contribution in [0.4, 0.5) is 5.82 Å². The van der Waals surface area contributed by atoms with Crippen molar-refractivity contribution in [1.82, 2.24) is 34.3 Å². The van der Waals surface area contributed by atoms with Gasteiger partial charge in [-0.05, 0) is 64.4 Å². The highest BCUT2D eigenvalue weighted by molar-refractivity contribution is 6.07. The van der Waals surface area contributed by atoms with Gasteiger partial charge in [-0.25, -0.2) is 14.5 Å². The van der Waals surface area contributed by atoms with E-state index in [1.807, 2.05) is 25.1 Å². The summed E-state index contributed by atoms with van der Waals surface area (Å²) in [4.78, 5) is 24.5. The number of amides is 1. The van der Waals surface area contributed by atoms with Gasteiger partial charge >= 0.3 is 0 Å². The summed E-state index contributed by atoms with van der Waals surface area (Å²) in [7, 11) is 0. The van der Waals surface area contributed by atoms with Crippen molar-refractivity contribution in [2.45, 2.75) is 45.6 Å². The molecule has 0 atom stereocenters. The number of aromatic nitrogens is 6. The molecule has 1 N–H and O–H groups in total. The second-order valence-corrected chi connectivity index (χ2v) is 8.86. The second kappa shape index (κ2) is 8.74. The summed E-state index contributed by atoms with van der Waals surface area (Å²) in [5.41, 5.74) is 2.96. The summed E-state index contributed by atoms with van der Waals surface area (Å²) in [5, 5.41) is 12.1. The van der Waals surface area contributed by atoms with Crippen LogP contribution in [0.25, 0.3) is 11.5 Å². The molecule has 0 spiro atoms. The van der Waals surface area contributed by atoms with Gasteiger partial charge in [0.2, 0.25) is 0 Å². The maximum Gasteiger partial charge on any atom is 0.262 e. The minimum absolute atomic E-state index is 0.280. The summed E-state index contributed by atoms with van der Waals surface area (Å²) < 4.78 is 3.31. The normalized spacial score (nSPS) is 15.4. The molecule has 9 nitrogen and oxygen atoms in total. The predicted molar refractivity (Wildman–Crippen MR) is 126 cm³/mol. The first-order chi connectivity index (χ1) is 16.0. The van der Waals surface area contributed by atoms with Crippen LogP contribution in [-0.2, 0) is 0 Å². The molecule has 1 aliphatic heterocycles. The van der Waals surface area contributed by atoms with Crippen molar-refractivity contribution in [3.63, 3.8) is 0 Å². The number of hydrogen-bond donors (Lipinski definition) is 1. The summed E-state index contributed by atoms with van der Waals surface area (Å²) in [6.07, 6.45) is 8.84. The van der Waals surface area contributed by atoms with Crippen LogP contribution in [0.1, 0.15) is 54.2 Å². The topological polar surface area (TPSA) is 93.2 Å². The molecule has 4 aromatic rings. The van der Waals surface area contributed by atoms with Crippen molar-refractivity contribution in [2.24, 2.45) is 0 Å². The van der Waals surface area contributed by atoms with E-state index in [1.54, 1.807) is 33.9 Å². The van der Waals surface area contributed by atoms with Crippen molar-refractivity contribution in [2.75, 3.05) is 18.4 Å². The summed E-state index contributed by atoms with van der Waals surface area (Å²) in [6.45, 7) is 8.57. The van der Waals surface area contributed by atoms with E-state index in [-0.39, 0.29) is 5.91 Å². The maximum absolute atomic E-state index is 13.2. The highest BCUT2D eigenvalue weighted by Gasteiger charge is 2.26. The number of piperidine rings is 1. The van der Waals surface area contributed by atoms with Crippen LogP contribution in [0.5, 0.6) is 0 Å². The summed E-state index contributed by atoms with van der Waals surface area (Å²) in [6, 6.07) is 8.21. The molecule has 1 fully saturated rings. The number of carbonyl (C=O) groups excluding carboxylic acids is 1. The summed E-state index contributed by atoms with van der Waals surface area (Å²) >= 11 is 0. The van der Waals surface area contributed by atoms with E-state index in [2.05, 4.69) is 39.1 Å². The lowest BCUT2D eigenvalue weighted by molar-refractivity contribution is 0.102. The molecule has 5 rings (SSSR count). The van der Waals surface area contributed by atoms with E-state index in [0.717, 1.165) is 37.2 Å². The van der Waals surface area contributed by atoms with Gasteiger partial charge < -0.3 is 10.2 Å². The highest BCUT2D eigenvalue weighted by atomic mass is 16.1. The number of nitrogens with one attached hydrogen (secondary N) is 1. The molecule has 170 valence electrons. The monoisotopic (exact) mass is 444 g/mol. The third-order valence-electron chi connectivity index (χ3n) is 6.28. The molecule has 0 aliphatic carbocycles. The molecule has 0 bridgehead atoms. The molecule has 0 unspecified atom stereocenters. The zero-order valence-electron chi connectivity index (χ0n) is 19.1. The average Bonchev–Trinajstić information content (AvgIpc) is 3.44. The third kappa shape index (κ3) is 4.23. The Labute approximate surface area is 192 Å². The van der Waals surface area contributed by atoms with E-state index in [9.17, 15) is 4.79 Å². The maximum atomic E-state index is 13.2. The number of fused-ring (bicyclic) bond motifs is 1. The van der Waals surface area contributed by atoms with E-state index in [1.165, 1.54) is 6.20 Å². The third-order valence-corrected chi connectivity index (χ3v) is 6.28. The Morgan fingerprint density at radius 1 is 1.15 bits per heavy atom. The number of pyridine rings is 1. The lowest BCUT2D eigenvalue weighted by Crippen LogP contribution is -2.37. The number of nitrogens with zero attached hydrogens (tertiary/aromatic N) is 7. The minimum Gasteiger partial charge on any atom is -0.306 e. The largest absolute Gasteiger partial charge is 0.306 e. The fourth-order valence-corrected chi connectivity index (χ4v) is 4.33. The standard InChI is InChI=1S/C24H28N8O/c1-16(2)30-11-7-18(8-12-30)20-13-22(32(29-20)21-6-5-17(3)14-26-21)28-24(33)19-15-27-31-10-4-9-25-23(19)31/h4-6,9-10,13-16,18H,7-8,11-12H2,1-3H3,(H,28,33). The first-order valence-corrected chi connectivity index (χ1v) is 11.4. The Morgan fingerprint density at radius 2 is 1.97 bits per heavy atom. The number of anilines is 1. The number of rotatable bonds is 5. The lowest BCUT2D eigenvalue weighted by atomic mass is 9.93. The van der Waals surface area contributed by atoms with Crippen LogP contribution in [0, 0.1) is 6.92 Å². The van der Waals surface area contributed by atoms with Crippen LogP contribution in [0.3, 0.4) is 0 Å². The number of aryl methyl sites for hydroxylation is 1. The van der Waals surface area contributed by atoms with Crippen LogP contribution in [0.2, 0.25) is 0 Å². The van der Waals surface area contributed by atoms with Gasteiger partial charge in [0, 0.05) is 36.6 Å². The van der Waals surface area contributed by atoms with Gasteiger partial charge in [-0.1, -0.05) is 6.07 Å². The molecule has 0 saturated carbocycles. The van der Waals surface area contributed by atoms with E-state index in [4.69, 9.17) is 5.10 Å². The Hall–Kier alpha value is -3.59. The van der Waals surface area contributed by atoms with Gasteiger partial charge in [0.25, 0.3) is 5.91 Å². The zero-order valence-corrected chi connectivity index (χ0v) is 19.1. The SMILES string of the molecule is Cc1ccc(-n2nc(C3CCN(C(C)C)CC3)cc2NC(=O)c2cnn3cccnc23)nc1. The minimum atomic E-state index is -0.280. The smallest absolute Gasteiger partial charge is 0.262 e. The van der Waals surface area contributed by atoms with Crippen molar-refractivity contribution >= 4 is 17.4 Å². The van der Waals surface area contributed by atoms with E-state index in [0.29, 0.717) is 34.8 Å². The quantitative estimate of drug-likeness (QED) is 0.507. The molecule has 0 aromatic carbocycles. The molecule has 1 saturated heterocycles. The Bertz CT molecular complexity index is 1270. The van der Waals surface area contributed by atoms with Crippen LogP contribution < -0.4 is 5.32 Å². The number of carbonyl (C=O) groups is 1. The summed E-state index contributed by atoms with van der Waals surface area (Å²) in [5.74, 6) is 1.33. The van der Waals surface area contributed by atoms with Crippen LogP contribution >= 0.6 is 0 Å². The second-order valence-electron chi connectivity index (χ2n) is 8.86. The average molecular weight is 445 g/mol. The van der Waals surface area contributed by atoms with Gasteiger partial charge in [-0.3, -0.25) is 4.79 Å². The first-order valence-electron chi connectivity index (χ1n) is 11.4. The Morgan fingerprint density at radius 3 is 2.70 bits per heavy atom. The molecule has 33 heavy (non-hydrogen) atoms. The molecule has 9 heteroatoms. The van der Waals surface area contributed by atoms with Crippen molar-refractivity contribution in [3.8, 4) is 5.82 Å². The fraction of sp³-hybridized carbons (Fsp3) is 0.375. The molecule has 4 aromatic heterocycles. The van der Waals surface area contributed by atoms with Gasteiger partial charge in [-0.2, -0.15) is 14.9 Å². The van der Waals surface area contributed by atoms with E-state index < -0.39 is 0 Å². The highest BCUT2D eigenvalue weighted by Crippen LogP contribution is 2.31. The van der Waals surface area contributed by atoms with Gasteiger partial charge in [-0.15, -0.1) is 0 Å². The Kier molecular flexibility index (Phi) is 5.63. The Balaban J connectivity index is 1.46. The first kappa shape index (κ1) is 21.3. The molecular formula is C24H28N8O.